The summed E-state index contributed by atoms with van der Waals surface area (Å²) in [6.07, 6.45) is 1.51. The molecule has 0 aliphatic carbocycles. The Bertz CT molecular complexity index is 605. The molecule has 0 amide bonds. The molecule has 6 nitrogen and oxygen atoms in total. The van der Waals surface area contributed by atoms with Crippen LogP contribution in [-0.4, -0.2) is 36.3 Å². The Hall–Kier alpha value is -2.50. The number of ether oxygens (including phenoxy) is 3. The number of aryl methyl sites for hydroxylation is 1. The number of rotatable bonds is 6. The summed E-state index contributed by atoms with van der Waals surface area (Å²) in [5.74, 6) is 1.86. The standard InChI is InChI=1S/C15H18N2O4/c1-11-16-10-14(15(18)20-3)17(11)8-9-21-13-6-4-12(19-2)5-7-13/h4-7,10H,8-9H2,1-3H3. The number of methoxy groups -OCH3 is 2. The summed E-state index contributed by atoms with van der Waals surface area (Å²) in [5.41, 5.74) is 0.424. The second kappa shape index (κ2) is 6.78. The zero-order valence-electron chi connectivity index (χ0n) is 12.3. The molecule has 0 aliphatic heterocycles. The second-order valence-corrected chi connectivity index (χ2v) is 4.36. The molecule has 0 N–H and O–H groups in total. The molecule has 0 saturated heterocycles. The van der Waals surface area contributed by atoms with Gasteiger partial charge in [-0.1, -0.05) is 0 Å². The Kier molecular flexibility index (Phi) is 4.81. The van der Waals surface area contributed by atoms with Crippen molar-refractivity contribution in [2.75, 3.05) is 20.8 Å². The van der Waals surface area contributed by atoms with Crippen LogP contribution in [0.15, 0.2) is 30.5 Å². The summed E-state index contributed by atoms with van der Waals surface area (Å²) < 4.78 is 17.2. The van der Waals surface area contributed by atoms with Crippen molar-refractivity contribution < 1.29 is 19.0 Å². The first-order valence-electron chi connectivity index (χ1n) is 6.53. The average molecular weight is 290 g/mol. The van der Waals surface area contributed by atoms with Gasteiger partial charge >= 0.3 is 5.97 Å². The summed E-state index contributed by atoms with van der Waals surface area (Å²) in [6, 6.07) is 7.33. The summed E-state index contributed by atoms with van der Waals surface area (Å²) in [4.78, 5) is 15.7. The Balaban J connectivity index is 1.96. The summed E-state index contributed by atoms with van der Waals surface area (Å²) in [7, 11) is 2.97. The first-order chi connectivity index (χ1) is 10.2. The highest BCUT2D eigenvalue weighted by Gasteiger charge is 2.14. The molecule has 0 radical (unpaired) electrons. The first-order valence-corrected chi connectivity index (χ1v) is 6.53. The van der Waals surface area contributed by atoms with Crippen LogP contribution in [0.1, 0.15) is 16.3 Å². The summed E-state index contributed by atoms with van der Waals surface area (Å²) >= 11 is 0. The van der Waals surface area contributed by atoms with E-state index in [1.807, 2.05) is 31.2 Å². The van der Waals surface area contributed by atoms with Crippen molar-refractivity contribution in [3.63, 3.8) is 0 Å². The van der Waals surface area contributed by atoms with Gasteiger partial charge in [0.05, 0.1) is 27.0 Å². The number of aromatic nitrogens is 2. The van der Waals surface area contributed by atoms with Crippen molar-refractivity contribution in [3.8, 4) is 11.5 Å². The van der Waals surface area contributed by atoms with Crippen LogP contribution in [0.4, 0.5) is 0 Å². The fourth-order valence-corrected chi connectivity index (χ4v) is 1.94. The Labute approximate surface area is 123 Å². The predicted octanol–water partition coefficient (Wildman–Crippen LogP) is 2.07. The largest absolute Gasteiger partial charge is 0.497 e. The van der Waals surface area contributed by atoms with E-state index in [0.717, 1.165) is 17.3 Å². The quantitative estimate of drug-likeness (QED) is 0.762. The van der Waals surface area contributed by atoms with Gasteiger partial charge in [-0.3, -0.25) is 0 Å². The van der Waals surface area contributed by atoms with E-state index in [1.165, 1.54) is 13.3 Å². The highest BCUT2D eigenvalue weighted by atomic mass is 16.5. The second-order valence-electron chi connectivity index (χ2n) is 4.36. The number of carbonyl (C=O) groups is 1. The third kappa shape index (κ3) is 3.53. The monoisotopic (exact) mass is 290 g/mol. The lowest BCUT2D eigenvalue weighted by Gasteiger charge is -2.11. The minimum Gasteiger partial charge on any atom is -0.497 e. The van der Waals surface area contributed by atoms with Crippen LogP contribution in [0.5, 0.6) is 11.5 Å². The van der Waals surface area contributed by atoms with Gasteiger partial charge in [-0.05, 0) is 31.2 Å². The third-order valence-corrected chi connectivity index (χ3v) is 3.09. The minimum absolute atomic E-state index is 0.403. The van der Waals surface area contributed by atoms with Crippen LogP contribution in [0, 0.1) is 6.92 Å². The van der Waals surface area contributed by atoms with Crippen LogP contribution in [0.25, 0.3) is 0 Å². The van der Waals surface area contributed by atoms with E-state index in [2.05, 4.69) is 4.98 Å². The molecule has 0 saturated carbocycles. The normalized spacial score (nSPS) is 10.2. The van der Waals surface area contributed by atoms with Crippen molar-refractivity contribution in [2.45, 2.75) is 13.5 Å². The molecule has 0 bridgehead atoms. The molecular weight excluding hydrogens is 272 g/mol. The van der Waals surface area contributed by atoms with Crippen LogP contribution < -0.4 is 9.47 Å². The molecule has 1 aromatic heterocycles. The molecule has 1 heterocycles. The van der Waals surface area contributed by atoms with Gasteiger partial charge in [0.15, 0.2) is 0 Å². The lowest BCUT2D eigenvalue weighted by Crippen LogP contribution is -2.16. The van der Waals surface area contributed by atoms with Crippen LogP contribution in [0.3, 0.4) is 0 Å². The summed E-state index contributed by atoms with van der Waals surface area (Å²) in [5, 5.41) is 0. The van der Waals surface area contributed by atoms with Gasteiger partial charge in [-0.15, -0.1) is 0 Å². The minimum atomic E-state index is -0.403. The van der Waals surface area contributed by atoms with Crippen molar-refractivity contribution in [1.82, 2.24) is 9.55 Å². The fraction of sp³-hybridized carbons (Fsp3) is 0.333. The molecular formula is C15H18N2O4. The van der Waals surface area contributed by atoms with E-state index in [4.69, 9.17) is 14.2 Å². The Morgan fingerprint density at radius 3 is 2.48 bits per heavy atom. The van der Waals surface area contributed by atoms with Gasteiger partial charge in [0.2, 0.25) is 0 Å². The molecule has 0 atom stereocenters. The van der Waals surface area contributed by atoms with Crippen molar-refractivity contribution >= 4 is 5.97 Å². The number of hydrogen-bond donors (Lipinski definition) is 0. The van der Waals surface area contributed by atoms with Gasteiger partial charge in [0, 0.05) is 0 Å². The van der Waals surface area contributed by atoms with Gasteiger partial charge in [-0.25, -0.2) is 9.78 Å². The Morgan fingerprint density at radius 2 is 1.86 bits per heavy atom. The first kappa shape index (κ1) is 14.9. The van der Waals surface area contributed by atoms with Gasteiger partial charge < -0.3 is 18.8 Å². The highest BCUT2D eigenvalue weighted by Crippen LogP contribution is 2.17. The molecule has 21 heavy (non-hydrogen) atoms. The zero-order valence-corrected chi connectivity index (χ0v) is 12.3. The Morgan fingerprint density at radius 1 is 1.19 bits per heavy atom. The van der Waals surface area contributed by atoms with Crippen LogP contribution in [0.2, 0.25) is 0 Å². The molecule has 112 valence electrons. The zero-order chi connectivity index (χ0) is 15.2. The van der Waals surface area contributed by atoms with Gasteiger partial charge in [0.1, 0.15) is 29.6 Å². The molecule has 0 fully saturated rings. The lowest BCUT2D eigenvalue weighted by atomic mass is 10.3. The molecule has 1 aromatic carbocycles. The smallest absolute Gasteiger partial charge is 0.356 e. The van der Waals surface area contributed by atoms with Crippen LogP contribution >= 0.6 is 0 Å². The third-order valence-electron chi connectivity index (χ3n) is 3.09. The van der Waals surface area contributed by atoms with E-state index < -0.39 is 5.97 Å². The maximum absolute atomic E-state index is 11.6. The SMILES string of the molecule is COC(=O)c1cnc(C)n1CCOc1ccc(OC)cc1. The number of esters is 1. The lowest BCUT2D eigenvalue weighted by molar-refractivity contribution is 0.0587. The molecule has 0 unspecified atom stereocenters. The molecule has 2 rings (SSSR count). The number of hydrogen-bond acceptors (Lipinski definition) is 5. The van der Waals surface area contributed by atoms with E-state index in [0.29, 0.717) is 18.8 Å². The van der Waals surface area contributed by atoms with Gasteiger partial charge in [0.25, 0.3) is 0 Å². The van der Waals surface area contributed by atoms with Crippen molar-refractivity contribution in [2.24, 2.45) is 0 Å². The molecule has 6 heteroatoms. The van der Waals surface area contributed by atoms with E-state index in [1.54, 1.807) is 11.7 Å². The van der Waals surface area contributed by atoms with Gasteiger partial charge in [-0.2, -0.15) is 0 Å². The maximum atomic E-state index is 11.6. The molecule has 2 aromatic rings. The molecule has 0 spiro atoms. The highest BCUT2D eigenvalue weighted by molar-refractivity contribution is 5.87. The van der Waals surface area contributed by atoms with E-state index in [-0.39, 0.29) is 0 Å². The fourth-order valence-electron chi connectivity index (χ4n) is 1.94. The van der Waals surface area contributed by atoms with Crippen molar-refractivity contribution in [3.05, 3.63) is 42.0 Å². The number of benzene rings is 1. The number of imidazole rings is 1. The number of nitrogens with zero attached hydrogens (tertiary/aromatic N) is 2. The maximum Gasteiger partial charge on any atom is 0.356 e. The van der Waals surface area contributed by atoms with Crippen LogP contribution in [-0.2, 0) is 11.3 Å². The predicted molar refractivity (Wildman–Crippen MR) is 76.8 cm³/mol. The van der Waals surface area contributed by atoms with E-state index >= 15 is 0 Å². The average Bonchev–Trinajstić information content (AvgIpc) is 2.88. The van der Waals surface area contributed by atoms with E-state index in [9.17, 15) is 4.79 Å². The number of carbonyl (C=O) groups excluding carboxylic acids is 1. The van der Waals surface area contributed by atoms with Crippen molar-refractivity contribution in [1.29, 1.82) is 0 Å². The topological polar surface area (TPSA) is 62.6 Å². The molecule has 0 aliphatic rings. The summed E-state index contributed by atoms with van der Waals surface area (Å²) in [6.45, 7) is 2.77.